The zero-order valence-electron chi connectivity index (χ0n) is 9.43. The summed E-state index contributed by atoms with van der Waals surface area (Å²) in [5, 5.41) is 9.03. The van der Waals surface area contributed by atoms with Gasteiger partial charge in [0.05, 0.1) is 12.7 Å². The molecule has 1 N–H and O–H groups in total. The van der Waals surface area contributed by atoms with E-state index in [1.807, 2.05) is 16.7 Å². The van der Waals surface area contributed by atoms with E-state index in [0.717, 1.165) is 12.3 Å². The number of aliphatic hydroxyl groups excluding tert-OH is 1. The molecule has 0 aromatic rings. The van der Waals surface area contributed by atoms with E-state index in [4.69, 9.17) is 9.84 Å². The average molecular weight is 245 g/mol. The molecule has 0 aromatic carbocycles. The Morgan fingerprint density at radius 1 is 1.56 bits per heavy atom. The van der Waals surface area contributed by atoms with E-state index < -0.39 is 0 Å². The zero-order valence-corrected chi connectivity index (χ0v) is 10.2. The van der Waals surface area contributed by atoms with Crippen molar-refractivity contribution in [1.29, 1.82) is 0 Å². The van der Waals surface area contributed by atoms with Gasteiger partial charge in [-0.05, 0) is 30.3 Å². The molecule has 0 saturated carbocycles. The van der Waals surface area contributed by atoms with Gasteiger partial charge in [-0.15, -0.1) is 0 Å². The van der Waals surface area contributed by atoms with E-state index in [2.05, 4.69) is 0 Å². The van der Waals surface area contributed by atoms with Gasteiger partial charge in [0, 0.05) is 13.1 Å². The van der Waals surface area contributed by atoms with Gasteiger partial charge in [0.2, 0.25) is 5.91 Å². The maximum absolute atomic E-state index is 11.6. The van der Waals surface area contributed by atoms with E-state index in [0.29, 0.717) is 12.5 Å². The van der Waals surface area contributed by atoms with Crippen LogP contribution in [0.3, 0.4) is 0 Å². The van der Waals surface area contributed by atoms with Crippen LogP contribution in [0.15, 0.2) is 0 Å². The van der Waals surface area contributed by atoms with Gasteiger partial charge in [-0.2, -0.15) is 11.8 Å². The van der Waals surface area contributed by atoms with Crippen LogP contribution in [0.2, 0.25) is 0 Å². The van der Waals surface area contributed by atoms with Crippen LogP contribution in [-0.2, 0) is 9.53 Å². The van der Waals surface area contributed by atoms with Crippen molar-refractivity contribution in [3.05, 3.63) is 0 Å². The summed E-state index contributed by atoms with van der Waals surface area (Å²) < 4.78 is 5.21. The first-order valence-corrected chi connectivity index (χ1v) is 7.03. The molecule has 0 spiro atoms. The number of hydrogen-bond donors (Lipinski definition) is 1. The fourth-order valence-corrected chi connectivity index (χ4v) is 3.37. The van der Waals surface area contributed by atoms with Crippen molar-refractivity contribution in [3.63, 3.8) is 0 Å². The van der Waals surface area contributed by atoms with Gasteiger partial charge >= 0.3 is 0 Å². The largest absolute Gasteiger partial charge is 0.394 e. The van der Waals surface area contributed by atoms with Crippen LogP contribution >= 0.6 is 11.8 Å². The molecule has 92 valence electrons. The molecule has 2 heterocycles. The van der Waals surface area contributed by atoms with Crippen LogP contribution in [0.25, 0.3) is 0 Å². The van der Waals surface area contributed by atoms with Crippen LogP contribution < -0.4 is 0 Å². The molecule has 2 unspecified atom stereocenters. The van der Waals surface area contributed by atoms with Gasteiger partial charge in [0.25, 0.3) is 0 Å². The van der Waals surface area contributed by atoms with Gasteiger partial charge < -0.3 is 14.7 Å². The van der Waals surface area contributed by atoms with Gasteiger partial charge in [-0.3, -0.25) is 4.79 Å². The molecule has 2 aliphatic heterocycles. The molecule has 2 aliphatic rings. The topological polar surface area (TPSA) is 49.8 Å². The molecule has 0 aliphatic carbocycles. The molecular weight excluding hydrogens is 226 g/mol. The third-order valence-corrected chi connectivity index (χ3v) is 4.44. The number of carbonyl (C=O) groups is 1. The Morgan fingerprint density at radius 3 is 3.12 bits per heavy atom. The van der Waals surface area contributed by atoms with Crippen LogP contribution in [-0.4, -0.2) is 59.8 Å². The van der Waals surface area contributed by atoms with E-state index in [9.17, 15) is 4.79 Å². The summed E-state index contributed by atoms with van der Waals surface area (Å²) in [6.07, 6.45) is 2.30. The van der Waals surface area contributed by atoms with Crippen molar-refractivity contribution in [2.45, 2.75) is 18.9 Å². The van der Waals surface area contributed by atoms with Gasteiger partial charge in [-0.25, -0.2) is 0 Å². The maximum atomic E-state index is 11.6. The van der Waals surface area contributed by atoms with Crippen molar-refractivity contribution in [2.75, 3.05) is 37.8 Å². The number of carbonyl (C=O) groups excluding carboxylic acids is 1. The predicted octanol–water partition coefficient (Wildman–Crippen LogP) is 0.349. The van der Waals surface area contributed by atoms with Crippen LogP contribution in [0, 0.1) is 5.92 Å². The summed E-state index contributed by atoms with van der Waals surface area (Å²) in [6, 6.07) is 0. The molecule has 2 rings (SSSR count). The fourth-order valence-electron chi connectivity index (χ4n) is 2.23. The fraction of sp³-hybridized carbons (Fsp3) is 0.909. The summed E-state index contributed by atoms with van der Waals surface area (Å²) >= 11 is 1.98. The Kier molecular flexibility index (Phi) is 4.49. The molecule has 1 amide bonds. The first-order chi connectivity index (χ1) is 7.79. The van der Waals surface area contributed by atoms with Crippen molar-refractivity contribution in [3.8, 4) is 0 Å². The van der Waals surface area contributed by atoms with E-state index in [-0.39, 0.29) is 25.2 Å². The lowest BCUT2D eigenvalue weighted by molar-refractivity contribution is -0.151. The molecule has 0 aromatic heterocycles. The Labute approximate surface area is 100 Å². The second-order valence-electron chi connectivity index (χ2n) is 4.50. The summed E-state index contributed by atoms with van der Waals surface area (Å²) in [5.41, 5.74) is 0. The van der Waals surface area contributed by atoms with Gasteiger partial charge in [0.1, 0.15) is 6.61 Å². The minimum atomic E-state index is -0.186. The number of hydrogen-bond acceptors (Lipinski definition) is 4. The predicted molar refractivity (Wildman–Crippen MR) is 63.5 cm³/mol. The lowest BCUT2D eigenvalue weighted by atomic mass is 10.0. The smallest absolute Gasteiger partial charge is 0.248 e. The number of nitrogens with zero attached hydrogens (tertiary/aromatic N) is 1. The van der Waals surface area contributed by atoms with E-state index >= 15 is 0 Å². The summed E-state index contributed by atoms with van der Waals surface area (Å²) in [5.74, 6) is 3.11. The van der Waals surface area contributed by atoms with Gasteiger partial charge in [0.15, 0.2) is 0 Å². The van der Waals surface area contributed by atoms with Gasteiger partial charge in [-0.1, -0.05) is 0 Å². The highest BCUT2D eigenvalue weighted by Gasteiger charge is 2.28. The lowest BCUT2D eigenvalue weighted by Crippen LogP contribution is -2.49. The number of morpholine rings is 1. The third kappa shape index (κ3) is 3.12. The molecule has 16 heavy (non-hydrogen) atoms. The van der Waals surface area contributed by atoms with Crippen molar-refractivity contribution in [2.24, 2.45) is 5.92 Å². The van der Waals surface area contributed by atoms with Crippen molar-refractivity contribution in [1.82, 2.24) is 4.90 Å². The molecular formula is C11H19NO3S. The Morgan fingerprint density at radius 2 is 2.44 bits per heavy atom. The number of aliphatic hydroxyl groups is 1. The molecule has 2 atom stereocenters. The number of ether oxygens (including phenoxy) is 1. The lowest BCUT2D eigenvalue weighted by Gasteiger charge is -2.35. The second kappa shape index (κ2) is 5.89. The van der Waals surface area contributed by atoms with Crippen LogP contribution in [0.5, 0.6) is 0 Å². The number of amides is 1. The van der Waals surface area contributed by atoms with E-state index in [1.54, 1.807) is 0 Å². The van der Waals surface area contributed by atoms with Crippen LogP contribution in [0.1, 0.15) is 12.8 Å². The molecule has 2 saturated heterocycles. The molecule has 2 fully saturated rings. The van der Waals surface area contributed by atoms with E-state index in [1.165, 1.54) is 18.6 Å². The summed E-state index contributed by atoms with van der Waals surface area (Å²) in [6.45, 7) is 1.52. The number of thioether (sulfide) groups is 1. The standard InChI is InChI=1S/C11H19NO3S/c13-6-10-5-12(11(14)7-15-10)4-9-2-1-3-16-8-9/h9-10,13H,1-8H2. The maximum Gasteiger partial charge on any atom is 0.248 e. The molecule has 5 heteroatoms. The highest BCUT2D eigenvalue weighted by molar-refractivity contribution is 7.99. The minimum absolute atomic E-state index is 0.00317. The van der Waals surface area contributed by atoms with Crippen molar-refractivity contribution >= 4 is 17.7 Å². The van der Waals surface area contributed by atoms with Crippen LogP contribution in [0.4, 0.5) is 0 Å². The molecule has 0 bridgehead atoms. The quantitative estimate of drug-likeness (QED) is 0.779. The monoisotopic (exact) mass is 245 g/mol. The average Bonchev–Trinajstić information content (AvgIpc) is 2.33. The summed E-state index contributed by atoms with van der Waals surface area (Å²) in [7, 11) is 0. The Hall–Kier alpha value is -0.260. The highest BCUT2D eigenvalue weighted by atomic mass is 32.2. The number of rotatable bonds is 3. The Bertz CT molecular complexity index is 243. The normalized spacial score (nSPS) is 31.8. The molecule has 4 nitrogen and oxygen atoms in total. The molecule has 0 radical (unpaired) electrons. The zero-order chi connectivity index (χ0) is 11.4. The minimum Gasteiger partial charge on any atom is -0.394 e. The third-order valence-electron chi connectivity index (χ3n) is 3.16. The Balaban J connectivity index is 1.83. The van der Waals surface area contributed by atoms with Crippen molar-refractivity contribution < 1.29 is 14.6 Å². The first kappa shape index (κ1) is 12.2. The highest BCUT2D eigenvalue weighted by Crippen LogP contribution is 2.24. The SMILES string of the molecule is O=C1COC(CO)CN1CC1CCCSC1. The first-order valence-electron chi connectivity index (χ1n) is 5.87. The summed E-state index contributed by atoms with van der Waals surface area (Å²) in [4.78, 5) is 13.5. The second-order valence-corrected chi connectivity index (χ2v) is 5.65.